The number of rotatable bonds is 4. The van der Waals surface area contributed by atoms with Crippen LogP contribution in [0.1, 0.15) is 18.9 Å². The fourth-order valence-corrected chi connectivity index (χ4v) is 2.93. The van der Waals surface area contributed by atoms with Gasteiger partial charge >= 0.3 is 18.0 Å². The van der Waals surface area contributed by atoms with Gasteiger partial charge in [0.1, 0.15) is 0 Å². The first kappa shape index (κ1) is 19.6. The van der Waals surface area contributed by atoms with Crippen LogP contribution in [0, 0.1) is 11.8 Å². The van der Waals surface area contributed by atoms with Crippen molar-refractivity contribution in [1.29, 1.82) is 0 Å². The second-order valence-corrected chi connectivity index (χ2v) is 6.84. The molecule has 0 aromatic heterocycles. The molecule has 8 nitrogen and oxygen atoms in total. The topological polar surface area (TPSA) is 102 Å². The minimum Gasteiger partial charge on any atom is -0.481 e. The highest BCUT2D eigenvalue weighted by atomic mass is 16.4. The molecular formula is C18H26N4O4. The number of urea groups is 2. The molecule has 0 aliphatic carbocycles. The molecule has 1 saturated heterocycles. The van der Waals surface area contributed by atoms with E-state index in [0.29, 0.717) is 31.7 Å². The van der Waals surface area contributed by atoms with E-state index >= 15 is 0 Å². The molecule has 1 aliphatic rings. The lowest BCUT2D eigenvalue weighted by Crippen LogP contribution is -2.48. The number of carboxylic acid groups (broad SMARTS) is 1. The summed E-state index contributed by atoms with van der Waals surface area (Å²) in [7, 11) is 3.33. The fraction of sp³-hybridized carbons (Fsp3) is 0.500. The number of piperidine rings is 1. The predicted octanol–water partition coefficient (Wildman–Crippen LogP) is 2.03. The van der Waals surface area contributed by atoms with E-state index in [1.54, 1.807) is 31.1 Å². The average Bonchev–Trinajstić information content (AvgIpc) is 2.60. The van der Waals surface area contributed by atoms with Crippen molar-refractivity contribution in [1.82, 2.24) is 15.1 Å². The molecule has 3 N–H and O–H groups in total. The van der Waals surface area contributed by atoms with E-state index in [-0.39, 0.29) is 23.9 Å². The van der Waals surface area contributed by atoms with E-state index in [1.165, 1.54) is 4.90 Å². The summed E-state index contributed by atoms with van der Waals surface area (Å²) in [5, 5.41) is 14.7. The van der Waals surface area contributed by atoms with Crippen LogP contribution in [0.15, 0.2) is 24.3 Å². The van der Waals surface area contributed by atoms with E-state index in [0.717, 1.165) is 5.56 Å². The molecule has 2 rings (SSSR count). The van der Waals surface area contributed by atoms with Crippen molar-refractivity contribution in [3.05, 3.63) is 29.8 Å². The highest BCUT2D eigenvalue weighted by Gasteiger charge is 2.32. The summed E-state index contributed by atoms with van der Waals surface area (Å²) in [6.07, 6.45) is 0.476. The van der Waals surface area contributed by atoms with Crippen LogP contribution in [-0.2, 0) is 11.3 Å². The zero-order valence-corrected chi connectivity index (χ0v) is 15.4. The van der Waals surface area contributed by atoms with E-state index in [1.807, 2.05) is 19.1 Å². The van der Waals surface area contributed by atoms with Crippen molar-refractivity contribution in [2.45, 2.75) is 19.9 Å². The quantitative estimate of drug-likeness (QED) is 0.763. The van der Waals surface area contributed by atoms with Gasteiger partial charge in [-0.2, -0.15) is 0 Å². The second-order valence-electron chi connectivity index (χ2n) is 6.84. The van der Waals surface area contributed by atoms with Crippen LogP contribution in [0.3, 0.4) is 0 Å². The Labute approximate surface area is 153 Å². The first-order valence-corrected chi connectivity index (χ1v) is 8.60. The van der Waals surface area contributed by atoms with Crippen LogP contribution in [0.25, 0.3) is 0 Å². The van der Waals surface area contributed by atoms with Gasteiger partial charge in [0.25, 0.3) is 0 Å². The summed E-state index contributed by atoms with van der Waals surface area (Å²) >= 11 is 0. The van der Waals surface area contributed by atoms with Crippen molar-refractivity contribution in [2.75, 3.05) is 32.5 Å². The van der Waals surface area contributed by atoms with Gasteiger partial charge in [0.2, 0.25) is 0 Å². The maximum Gasteiger partial charge on any atom is 0.321 e. The van der Waals surface area contributed by atoms with Gasteiger partial charge in [-0.25, -0.2) is 9.59 Å². The molecule has 1 aromatic rings. The Balaban J connectivity index is 1.82. The van der Waals surface area contributed by atoms with Crippen molar-refractivity contribution >= 4 is 23.7 Å². The molecule has 8 heteroatoms. The van der Waals surface area contributed by atoms with Crippen LogP contribution in [0.4, 0.5) is 15.3 Å². The number of nitrogens with zero attached hydrogens (tertiary/aromatic N) is 2. The summed E-state index contributed by atoms with van der Waals surface area (Å²) in [6, 6.07) is 6.85. The molecular weight excluding hydrogens is 336 g/mol. The van der Waals surface area contributed by atoms with Crippen LogP contribution >= 0.6 is 0 Å². The number of nitrogens with one attached hydrogen (secondary N) is 2. The van der Waals surface area contributed by atoms with Crippen molar-refractivity contribution in [3.8, 4) is 0 Å². The van der Waals surface area contributed by atoms with Gasteiger partial charge in [-0.05, 0) is 30.0 Å². The number of likely N-dealkylation sites (tertiary alicyclic amines) is 1. The molecule has 0 spiro atoms. The summed E-state index contributed by atoms with van der Waals surface area (Å²) in [6.45, 7) is 3.12. The predicted molar refractivity (Wildman–Crippen MR) is 97.9 cm³/mol. The maximum atomic E-state index is 12.3. The molecule has 1 heterocycles. The number of anilines is 1. The molecule has 1 aromatic carbocycles. The lowest BCUT2D eigenvalue weighted by Gasteiger charge is -2.34. The van der Waals surface area contributed by atoms with E-state index in [2.05, 4.69) is 10.6 Å². The number of carbonyl (C=O) groups excluding carboxylic acids is 2. The highest BCUT2D eigenvalue weighted by Crippen LogP contribution is 2.23. The molecule has 2 unspecified atom stereocenters. The first-order chi connectivity index (χ1) is 12.3. The van der Waals surface area contributed by atoms with E-state index < -0.39 is 5.97 Å². The Hall–Kier alpha value is -2.77. The smallest absolute Gasteiger partial charge is 0.321 e. The largest absolute Gasteiger partial charge is 0.481 e. The molecule has 0 bridgehead atoms. The van der Waals surface area contributed by atoms with Gasteiger partial charge in [0, 0.05) is 39.4 Å². The standard InChI is InChI=1S/C18H26N4O4/c1-12-11-22(9-8-15(12)16(23)24)17(25)19-10-13-4-6-14(7-5-13)20-18(26)21(2)3/h4-7,12,15H,8-11H2,1-3H3,(H,19,25)(H,20,26)(H,23,24). The Kier molecular flexibility index (Phi) is 6.43. The summed E-state index contributed by atoms with van der Waals surface area (Å²) < 4.78 is 0. The summed E-state index contributed by atoms with van der Waals surface area (Å²) in [5.41, 5.74) is 1.60. The lowest BCUT2D eigenvalue weighted by atomic mass is 9.87. The first-order valence-electron chi connectivity index (χ1n) is 8.60. The second kappa shape index (κ2) is 8.55. The van der Waals surface area contributed by atoms with Crippen LogP contribution in [0.2, 0.25) is 0 Å². The Bertz CT molecular complexity index is 660. The molecule has 26 heavy (non-hydrogen) atoms. The number of benzene rings is 1. The van der Waals surface area contributed by atoms with Gasteiger partial charge in [-0.15, -0.1) is 0 Å². The molecule has 0 saturated carbocycles. The van der Waals surface area contributed by atoms with Crippen molar-refractivity contribution < 1.29 is 19.5 Å². The third-order valence-electron chi connectivity index (χ3n) is 4.56. The molecule has 1 aliphatic heterocycles. The number of carboxylic acids is 1. The zero-order chi connectivity index (χ0) is 19.3. The van der Waals surface area contributed by atoms with Crippen molar-refractivity contribution in [2.24, 2.45) is 11.8 Å². The van der Waals surface area contributed by atoms with Crippen molar-refractivity contribution in [3.63, 3.8) is 0 Å². The third-order valence-corrected chi connectivity index (χ3v) is 4.56. The fourth-order valence-electron chi connectivity index (χ4n) is 2.93. The number of amides is 4. The van der Waals surface area contributed by atoms with Crippen LogP contribution in [-0.4, -0.2) is 60.1 Å². The lowest BCUT2D eigenvalue weighted by molar-refractivity contribution is -0.145. The molecule has 142 valence electrons. The molecule has 4 amide bonds. The SMILES string of the molecule is CC1CN(C(=O)NCc2ccc(NC(=O)N(C)C)cc2)CCC1C(=O)O. The monoisotopic (exact) mass is 362 g/mol. The number of carbonyl (C=O) groups is 3. The Morgan fingerprint density at radius 3 is 2.42 bits per heavy atom. The highest BCUT2D eigenvalue weighted by molar-refractivity contribution is 5.88. The molecule has 2 atom stereocenters. The van der Waals surface area contributed by atoms with Crippen LogP contribution in [0.5, 0.6) is 0 Å². The zero-order valence-electron chi connectivity index (χ0n) is 15.4. The average molecular weight is 362 g/mol. The number of hydrogen-bond acceptors (Lipinski definition) is 3. The number of aliphatic carboxylic acids is 1. The minimum atomic E-state index is -0.793. The van der Waals surface area contributed by atoms with Gasteiger partial charge in [-0.1, -0.05) is 19.1 Å². The normalized spacial score (nSPS) is 19.6. The Morgan fingerprint density at radius 1 is 1.23 bits per heavy atom. The van der Waals surface area contributed by atoms with Gasteiger partial charge < -0.3 is 25.5 Å². The van der Waals surface area contributed by atoms with Gasteiger partial charge in [0.15, 0.2) is 0 Å². The third kappa shape index (κ3) is 5.11. The van der Waals surface area contributed by atoms with Crippen LogP contribution < -0.4 is 10.6 Å². The Morgan fingerprint density at radius 2 is 1.88 bits per heavy atom. The maximum absolute atomic E-state index is 12.3. The van der Waals surface area contributed by atoms with Gasteiger partial charge in [-0.3, -0.25) is 4.79 Å². The van der Waals surface area contributed by atoms with E-state index in [9.17, 15) is 14.4 Å². The molecule has 0 radical (unpaired) electrons. The van der Waals surface area contributed by atoms with Gasteiger partial charge in [0.05, 0.1) is 5.92 Å². The van der Waals surface area contributed by atoms with E-state index in [4.69, 9.17) is 5.11 Å². The number of hydrogen-bond donors (Lipinski definition) is 3. The minimum absolute atomic E-state index is 0.0633. The summed E-state index contributed by atoms with van der Waals surface area (Å²) in [4.78, 5) is 38.1. The molecule has 1 fully saturated rings. The summed E-state index contributed by atoms with van der Waals surface area (Å²) in [5.74, 6) is -1.24.